The molecule has 0 saturated heterocycles. The van der Waals surface area contributed by atoms with Crippen LogP contribution in [0.25, 0.3) is 0 Å². The first-order chi connectivity index (χ1) is 11.7. The average molecular weight is 383 g/mol. The molecule has 0 amide bonds. The van der Waals surface area contributed by atoms with Gasteiger partial charge in [0.15, 0.2) is 0 Å². The maximum Gasteiger partial charge on any atom is 0.393 e. The van der Waals surface area contributed by atoms with Crippen LogP contribution in [-0.2, 0) is 0 Å². The highest BCUT2D eigenvalue weighted by molar-refractivity contribution is 4.76. The first-order valence-electron chi connectivity index (χ1n) is 10.4. The second-order valence-electron chi connectivity index (χ2n) is 10.4. The molecule has 0 unspecified atom stereocenters. The van der Waals surface area contributed by atoms with Crippen molar-refractivity contribution in [1.29, 1.82) is 0 Å². The van der Waals surface area contributed by atoms with Gasteiger partial charge in [-0.3, -0.25) is 0 Å². The Morgan fingerprint density at radius 3 is 1.35 bits per heavy atom. The Bertz CT molecular complexity index is 368. The monoisotopic (exact) mass is 382 g/mol. The predicted molar refractivity (Wildman–Crippen MR) is 106 cm³/mol. The van der Waals surface area contributed by atoms with E-state index in [1.807, 2.05) is 0 Å². The second-order valence-corrected chi connectivity index (χ2v) is 10.4. The molecule has 0 aliphatic carbocycles. The van der Waals surface area contributed by atoms with Gasteiger partial charge in [-0.05, 0) is 44.9 Å². The van der Waals surface area contributed by atoms with E-state index in [0.29, 0.717) is 6.42 Å². The Kier molecular flexibility index (Phi) is 10.8. The third kappa shape index (κ3) is 13.0. The van der Waals surface area contributed by atoms with Crippen molar-refractivity contribution in [3.05, 3.63) is 0 Å². The van der Waals surface area contributed by atoms with Gasteiger partial charge in [-0.1, -0.05) is 26.7 Å². The molecule has 0 aliphatic rings. The van der Waals surface area contributed by atoms with Gasteiger partial charge in [0.25, 0.3) is 0 Å². The lowest BCUT2D eigenvalue weighted by Crippen LogP contribution is -2.41. The van der Waals surface area contributed by atoms with Gasteiger partial charge in [0, 0.05) is 0 Å². The molecule has 0 aromatic heterocycles. The molecule has 0 N–H and O–H groups in total. The van der Waals surface area contributed by atoms with Crippen LogP contribution in [0.4, 0.5) is 13.2 Å². The minimum atomic E-state index is -4.09. The molecular formula is C21H45F3N2+2. The van der Waals surface area contributed by atoms with Crippen LogP contribution < -0.4 is 0 Å². The fraction of sp³-hybridized carbons (Fsp3) is 1.00. The van der Waals surface area contributed by atoms with E-state index in [0.717, 1.165) is 34.8 Å². The van der Waals surface area contributed by atoms with Crippen molar-refractivity contribution in [1.82, 2.24) is 0 Å². The Morgan fingerprint density at radius 1 is 0.577 bits per heavy atom. The van der Waals surface area contributed by atoms with E-state index in [1.165, 1.54) is 52.6 Å². The first-order valence-corrected chi connectivity index (χ1v) is 10.4. The van der Waals surface area contributed by atoms with Crippen LogP contribution in [0, 0.1) is 5.41 Å². The van der Waals surface area contributed by atoms with Crippen molar-refractivity contribution < 1.29 is 22.1 Å². The maximum absolute atomic E-state index is 12.8. The van der Waals surface area contributed by atoms with E-state index in [1.54, 1.807) is 0 Å². The molecule has 0 heterocycles. The van der Waals surface area contributed by atoms with Gasteiger partial charge < -0.3 is 8.97 Å². The van der Waals surface area contributed by atoms with Crippen LogP contribution in [0.5, 0.6) is 0 Å². The molecule has 26 heavy (non-hydrogen) atoms. The van der Waals surface area contributed by atoms with E-state index < -0.39 is 11.6 Å². The average Bonchev–Trinajstić information content (AvgIpc) is 2.44. The zero-order chi connectivity index (χ0) is 20.5. The van der Waals surface area contributed by atoms with Gasteiger partial charge in [0.2, 0.25) is 0 Å². The largest absolute Gasteiger partial charge is 0.393 e. The lowest BCUT2D eigenvalue weighted by molar-refractivity contribution is -0.890. The van der Waals surface area contributed by atoms with Gasteiger partial charge in [-0.25, -0.2) is 0 Å². The fourth-order valence-electron chi connectivity index (χ4n) is 3.19. The number of nitrogens with zero attached hydrogens (tertiary/aromatic N) is 2. The highest BCUT2D eigenvalue weighted by atomic mass is 19.4. The molecule has 0 fully saturated rings. The fourth-order valence-corrected chi connectivity index (χ4v) is 3.19. The molecule has 2 nitrogen and oxygen atoms in total. The predicted octanol–water partition coefficient (Wildman–Crippen LogP) is 5.87. The third-order valence-corrected chi connectivity index (χ3v) is 5.42. The molecule has 0 aromatic carbocycles. The van der Waals surface area contributed by atoms with Crippen LogP contribution in [0.3, 0.4) is 0 Å². The summed E-state index contributed by atoms with van der Waals surface area (Å²) in [6.07, 6.45) is 5.06. The summed E-state index contributed by atoms with van der Waals surface area (Å²) in [5.41, 5.74) is -1.55. The number of alkyl halides is 3. The summed E-state index contributed by atoms with van der Waals surface area (Å²) in [5.74, 6) is 0. The zero-order valence-electron chi connectivity index (χ0n) is 18.5. The number of rotatable bonds is 14. The topological polar surface area (TPSA) is 0 Å². The summed E-state index contributed by atoms with van der Waals surface area (Å²) in [7, 11) is 11.3. The minimum absolute atomic E-state index is 0.238. The molecule has 0 rings (SSSR count). The van der Waals surface area contributed by atoms with E-state index in [4.69, 9.17) is 0 Å². The Balaban J connectivity index is 3.72. The van der Waals surface area contributed by atoms with Crippen LogP contribution >= 0.6 is 0 Å². The van der Waals surface area contributed by atoms with E-state index in [9.17, 15) is 13.2 Å². The summed E-state index contributed by atoms with van der Waals surface area (Å²) in [5, 5.41) is 0. The van der Waals surface area contributed by atoms with Gasteiger partial charge in [0.1, 0.15) is 0 Å². The summed E-state index contributed by atoms with van der Waals surface area (Å²) in [6, 6.07) is 0. The molecule has 0 spiro atoms. The standard InChI is InChI=1S/C21H45F3N2/c1-20(2,21(22,23)24)16-12-8-9-14-18-26(6,7)19-15-11-10-13-17-25(3,4)5/h8-19H2,1-7H3/q+2. The van der Waals surface area contributed by atoms with Crippen LogP contribution in [-0.4, -0.2) is 70.0 Å². The number of unbranched alkanes of at least 4 members (excludes halogenated alkanes) is 6. The Morgan fingerprint density at radius 2 is 0.962 bits per heavy atom. The van der Waals surface area contributed by atoms with Crippen molar-refractivity contribution in [2.24, 2.45) is 5.41 Å². The molecule has 158 valence electrons. The lowest BCUT2D eigenvalue weighted by atomic mass is 9.86. The van der Waals surface area contributed by atoms with Crippen LogP contribution in [0.15, 0.2) is 0 Å². The zero-order valence-corrected chi connectivity index (χ0v) is 18.5. The molecule has 0 atom stereocenters. The maximum atomic E-state index is 12.8. The molecule has 0 radical (unpaired) electrons. The quantitative estimate of drug-likeness (QED) is 0.260. The second kappa shape index (κ2) is 10.9. The van der Waals surface area contributed by atoms with Gasteiger partial charge in [0.05, 0.1) is 60.3 Å². The number of halogens is 3. The normalized spacial score (nSPS) is 14.1. The summed E-state index contributed by atoms with van der Waals surface area (Å²) in [4.78, 5) is 0. The van der Waals surface area contributed by atoms with Crippen molar-refractivity contribution >= 4 is 0 Å². The van der Waals surface area contributed by atoms with Gasteiger partial charge in [-0.2, -0.15) is 13.2 Å². The van der Waals surface area contributed by atoms with Gasteiger partial charge >= 0.3 is 6.18 Å². The van der Waals surface area contributed by atoms with Crippen LogP contribution in [0.2, 0.25) is 0 Å². The van der Waals surface area contributed by atoms with Crippen LogP contribution in [0.1, 0.15) is 71.6 Å². The third-order valence-electron chi connectivity index (χ3n) is 5.42. The van der Waals surface area contributed by atoms with Crippen molar-refractivity contribution in [2.45, 2.75) is 77.8 Å². The lowest BCUT2D eigenvalue weighted by Gasteiger charge is -2.30. The highest BCUT2D eigenvalue weighted by Crippen LogP contribution is 2.41. The number of hydrogen-bond acceptors (Lipinski definition) is 0. The number of hydrogen-bond donors (Lipinski definition) is 0. The smallest absolute Gasteiger partial charge is 0.331 e. The summed E-state index contributed by atoms with van der Waals surface area (Å²) >= 11 is 0. The van der Waals surface area contributed by atoms with Crippen molar-refractivity contribution in [3.63, 3.8) is 0 Å². The van der Waals surface area contributed by atoms with E-state index in [2.05, 4.69) is 35.2 Å². The molecular weight excluding hydrogens is 337 g/mol. The SMILES string of the molecule is CC(C)(CCCCCC[N+](C)(C)CCCCCC[N+](C)(C)C)C(F)(F)F. The van der Waals surface area contributed by atoms with E-state index in [-0.39, 0.29) is 6.42 Å². The van der Waals surface area contributed by atoms with Gasteiger partial charge in [-0.15, -0.1) is 0 Å². The molecule has 5 heteroatoms. The summed E-state index contributed by atoms with van der Waals surface area (Å²) < 4.78 is 40.5. The Hall–Kier alpha value is -0.290. The molecule has 0 aliphatic heterocycles. The number of quaternary nitrogens is 2. The molecule has 0 bridgehead atoms. The minimum Gasteiger partial charge on any atom is -0.331 e. The molecule has 0 aromatic rings. The highest BCUT2D eigenvalue weighted by Gasteiger charge is 2.46. The summed E-state index contributed by atoms with van der Waals surface area (Å²) in [6.45, 7) is 6.19. The van der Waals surface area contributed by atoms with Crippen molar-refractivity contribution in [2.75, 3.05) is 54.9 Å². The first kappa shape index (κ1) is 25.7. The van der Waals surface area contributed by atoms with E-state index >= 15 is 0 Å². The Labute approximate surface area is 160 Å². The van der Waals surface area contributed by atoms with Crippen molar-refractivity contribution in [3.8, 4) is 0 Å². The molecule has 0 saturated carbocycles.